The molecule has 0 unspecified atom stereocenters. The SMILES string of the molecule is CCNC(=NCCC1CCN(CC(F)(F)F)CC1)NC1CCN(c2cccs2)CC1. The Morgan fingerprint density at radius 1 is 1.17 bits per heavy atom. The van der Waals surface area contributed by atoms with Crippen molar-refractivity contribution in [2.75, 3.05) is 50.7 Å². The van der Waals surface area contributed by atoms with E-state index in [-0.39, 0.29) is 0 Å². The first-order valence-corrected chi connectivity index (χ1v) is 11.9. The second-order valence-corrected chi connectivity index (χ2v) is 9.17. The van der Waals surface area contributed by atoms with E-state index in [1.807, 2.05) is 0 Å². The zero-order valence-corrected chi connectivity index (χ0v) is 18.6. The number of hydrogen-bond donors (Lipinski definition) is 2. The Bertz CT molecular complexity index is 634. The molecule has 1 aromatic rings. The van der Waals surface area contributed by atoms with Gasteiger partial charge in [0.1, 0.15) is 0 Å². The molecule has 0 atom stereocenters. The van der Waals surface area contributed by atoms with Gasteiger partial charge in [-0.2, -0.15) is 13.2 Å². The number of aliphatic imine (C=N–C) groups is 1. The van der Waals surface area contributed by atoms with Crippen molar-refractivity contribution >= 4 is 22.3 Å². The van der Waals surface area contributed by atoms with Crippen molar-refractivity contribution in [2.45, 2.75) is 51.2 Å². The molecule has 0 radical (unpaired) electrons. The van der Waals surface area contributed by atoms with Crippen molar-refractivity contribution in [2.24, 2.45) is 10.9 Å². The molecule has 5 nitrogen and oxygen atoms in total. The van der Waals surface area contributed by atoms with Gasteiger partial charge in [0.05, 0.1) is 11.5 Å². The van der Waals surface area contributed by atoms with E-state index in [4.69, 9.17) is 4.99 Å². The lowest BCUT2D eigenvalue weighted by Crippen LogP contribution is -2.48. The minimum atomic E-state index is -4.09. The number of piperidine rings is 2. The topological polar surface area (TPSA) is 42.9 Å². The molecule has 2 saturated heterocycles. The molecule has 2 aliphatic rings. The summed E-state index contributed by atoms with van der Waals surface area (Å²) in [5.41, 5.74) is 0. The van der Waals surface area contributed by atoms with E-state index in [2.05, 4.69) is 40.0 Å². The number of alkyl halides is 3. The Labute approximate surface area is 181 Å². The molecule has 0 aliphatic carbocycles. The lowest BCUT2D eigenvalue weighted by atomic mass is 9.93. The summed E-state index contributed by atoms with van der Waals surface area (Å²) in [7, 11) is 0. The van der Waals surface area contributed by atoms with Gasteiger partial charge >= 0.3 is 6.18 Å². The summed E-state index contributed by atoms with van der Waals surface area (Å²) in [6, 6.07) is 4.70. The average Bonchev–Trinajstić information content (AvgIpc) is 3.24. The van der Waals surface area contributed by atoms with Crippen LogP contribution in [-0.4, -0.2) is 68.9 Å². The molecule has 0 saturated carbocycles. The largest absolute Gasteiger partial charge is 0.401 e. The van der Waals surface area contributed by atoms with Gasteiger partial charge in [-0.25, -0.2) is 0 Å². The van der Waals surface area contributed by atoms with Crippen molar-refractivity contribution in [3.63, 3.8) is 0 Å². The smallest absolute Gasteiger partial charge is 0.363 e. The molecule has 2 aliphatic heterocycles. The zero-order valence-electron chi connectivity index (χ0n) is 17.8. The molecular formula is C21H34F3N5S. The van der Waals surface area contributed by atoms with Crippen LogP contribution in [0.1, 0.15) is 39.0 Å². The van der Waals surface area contributed by atoms with Gasteiger partial charge < -0.3 is 15.5 Å². The van der Waals surface area contributed by atoms with Gasteiger partial charge in [-0.1, -0.05) is 0 Å². The monoisotopic (exact) mass is 445 g/mol. The molecule has 9 heteroatoms. The number of likely N-dealkylation sites (tertiary alicyclic amines) is 1. The Morgan fingerprint density at radius 3 is 2.50 bits per heavy atom. The van der Waals surface area contributed by atoms with Crippen LogP contribution < -0.4 is 15.5 Å². The number of hydrogen-bond acceptors (Lipinski definition) is 4. The van der Waals surface area contributed by atoms with Gasteiger partial charge in [-0.3, -0.25) is 9.89 Å². The van der Waals surface area contributed by atoms with Gasteiger partial charge in [0.15, 0.2) is 5.96 Å². The maximum absolute atomic E-state index is 12.5. The molecule has 0 bridgehead atoms. The fourth-order valence-corrected chi connectivity index (χ4v) is 5.04. The van der Waals surface area contributed by atoms with Crippen molar-refractivity contribution in [1.29, 1.82) is 0 Å². The van der Waals surface area contributed by atoms with Crippen LogP contribution in [0, 0.1) is 5.92 Å². The van der Waals surface area contributed by atoms with E-state index in [0.717, 1.165) is 57.7 Å². The van der Waals surface area contributed by atoms with Crippen LogP contribution in [0.4, 0.5) is 18.2 Å². The Kier molecular flexibility index (Phi) is 8.68. The third-order valence-corrected chi connectivity index (χ3v) is 6.84. The highest BCUT2D eigenvalue weighted by atomic mass is 32.1. The molecule has 2 N–H and O–H groups in total. The van der Waals surface area contributed by atoms with Gasteiger partial charge in [0.25, 0.3) is 0 Å². The van der Waals surface area contributed by atoms with Gasteiger partial charge in [-0.15, -0.1) is 11.3 Å². The third kappa shape index (κ3) is 7.65. The zero-order chi connectivity index (χ0) is 21.4. The summed E-state index contributed by atoms with van der Waals surface area (Å²) in [4.78, 5) is 8.70. The molecule has 2 fully saturated rings. The van der Waals surface area contributed by atoms with Crippen molar-refractivity contribution in [1.82, 2.24) is 15.5 Å². The summed E-state index contributed by atoms with van der Waals surface area (Å²) in [6.45, 7) is 5.99. The fraction of sp³-hybridized carbons (Fsp3) is 0.762. The van der Waals surface area contributed by atoms with Gasteiger partial charge in [-0.05, 0) is 75.5 Å². The fourth-order valence-electron chi connectivity index (χ4n) is 4.25. The van der Waals surface area contributed by atoms with E-state index < -0.39 is 12.7 Å². The summed E-state index contributed by atoms with van der Waals surface area (Å²) in [5, 5.41) is 10.4. The van der Waals surface area contributed by atoms with E-state index in [9.17, 15) is 13.2 Å². The van der Waals surface area contributed by atoms with Crippen LogP contribution in [0.5, 0.6) is 0 Å². The van der Waals surface area contributed by atoms with Crippen molar-refractivity contribution < 1.29 is 13.2 Å². The molecule has 0 aromatic carbocycles. The maximum Gasteiger partial charge on any atom is 0.401 e. The van der Waals surface area contributed by atoms with Crippen molar-refractivity contribution in [3.8, 4) is 0 Å². The van der Waals surface area contributed by atoms with E-state index in [1.54, 1.807) is 11.3 Å². The van der Waals surface area contributed by atoms with Gasteiger partial charge in [0.2, 0.25) is 0 Å². The third-order valence-electron chi connectivity index (χ3n) is 5.92. The molecule has 0 amide bonds. The van der Waals surface area contributed by atoms with Crippen LogP contribution in [0.25, 0.3) is 0 Å². The number of rotatable bonds is 7. The normalized spacial score (nSPS) is 20.5. The highest BCUT2D eigenvalue weighted by Gasteiger charge is 2.32. The standard InChI is InChI=1S/C21H34F3N5S/c1-2-25-20(27-18-8-13-29(14-9-18)19-4-3-15-30-19)26-10-5-17-6-11-28(12-7-17)16-21(22,23)24/h3-4,15,17-18H,2,5-14,16H2,1H3,(H2,25,26,27). The second kappa shape index (κ2) is 11.2. The maximum atomic E-state index is 12.5. The van der Waals surface area contributed by atoms with E-state index >= 15 is 0 Å². The summed E-state index contributed by atoms with van der Waals surface area (Å²) in [6.07, 6.45) is 0.671. The van der Waals surface area contributed by atoms with E-state index in [0.29, 0.717) is 31.6 Å². The number of thiophene rings is 1. The number of nitrogens with one attached hydrogen (secondary N) is 2. The second-order valence-electron chi connectivity index (χ2n) is 8.24. The average molecular weight is 446 g/mol. The Morgan fingerprint density at radius 2 is 1.90 bits per heavy atom. The minimum absolute atomic E-state index is 0.421. The highest BCUT2D eigenvalue weighted by molar-refractivity contribution is 7.14. The van der Waals surface area contributed by atoms with Gasteiger partial charge in [0, 0.05) is 32.2 Å². The first-order valence-electron chi connectivity index (χ1n) is 11.1. The first kappa shape index (κ1) is 23.2. The Balaban J connectivity index is 1.38. The number of halogens is 3. The minimum Gasteiger partial charge on any atom is -0.363 e. The predicted molar refractivity (Wildman–Crippen MR) is 119 cm³/mol. The van der Waals surface area contributed by atoms with E-state index in [1.165, 1.54) is 9.90 Å². The summed E-state index contributed by atoms with van der Waals surface area (Å²) in [5.74, 6) is 1.33. The molecule has 1 aromatic heterocycles. The lowest BCUT2D eigenvalue weighted by Gasteiger charge is -2.33. The molecule has 170 valence electrons. The quantitative estimate of drug-likeness (QED) is 0.493. The van der Waals surface area contributed by atoms with Crippen LogP contribution in [-0.2, 0) is 0 Å². The number of nitrogens with zero attached hydrogens (tertiary/aromatic N) is 3. The first-order chi connectivity index (χ1) is 14.4. The molecule has 3 rings (SSSR count). The lowest BCUT2D eigenvalue weighted by molar-refractivity contribution is -0.148. The number of anilines is 1. The van der Waals surface area contributed by atoms with Crippen molar-refractivity contribution in [3.05, 3.63) is 17.5 Å². The molecule has 3 heterocycles. The predicted octanol–water partition coefficient (Wildman–Crippen LogP) is 3.94. The Hall–Kier alpha value is -1.48. The highest BCUT2D eigenvalue weighted by Crippen LogP contribution is 2.25. The van der Waals surface area contributed by atoms with Crippen LogP contribution in [0.2, 0.25) is 0 Å². The number of guanidine groups is 1. The molecule has 30 heavy (non-hydrogen) atoms. The summed E-state index contributed by atoms with van der Waals surface area (Å²) < 4.78 is 37.5. The van der Waals surface area contributed by atoms with Crippen LogP contribution in [0.15, 0.2) is 22.5 Å². The summed E-state index contributed by atoms with van der Waals surface area (Å²) >= 11 is 1.79. The van der Waals surface area contributed by atoms with Crippen LogP contribution in [0.3, 0.4) is 0 Å². The molecule has 0 spiro atoms. The van der Waals surface area contributed by atoms with Crippen LogP contribution >= 0.6 is 11.3 Å². The molecular weight excluding hydrogens is 411 g/mol.